The van der Waals surface area contributed by atoms with Crippen molar-refractivity contribution in [3.05, 3.63) is 65.7 Å². The van der Waals surface area contributed by atoms with Crippen molar-refractivity contribution in [2.45, 2.75) is 139 Å². The zero-order valence-corrected chi connectivity index (χ0v) is 40.8. The number of phenolic OH excluding ortho intramolecular Hbond substituents is 1. The summed E-state index contributed by atoms with van der Waals surface area (Å²) in [5, 5.41) is 29.9. The molecule has 10 N–H and O–H groups in total. The number of primary amides is 1. The standard InChI is InChI=1S/C50H68N10O12/c1-3-29(2)42(49(70)60-24-10-16-39(60)45(66)55-35(50(71)72)27-40(52)62)56-46(67)37-14-7-21-57(37)41(63)28-53-43(64)36-13-8-23-59(36)48(69)34(26-30-11-5-4-6-12-30)54-44(65)38-15-9-22-58(38)47(68)33(51)25-31-17-19-32(61)20-18-31/h4-6,11-12,17-20,29,33-39,42,61H,3,7-10,13-16,21-28,51H2,1-2H3,(H2,52,62)(H,53,64)(H,54,65)(H,55,66)(H,56,67)(H,71,72)/t29-,33-,34-,35-,36-,37-,38-,39-,42-/m0/s1. The fourth-order valence-electron chi connectivity index (χ4n) is 10.1. The number of rotatable bonds is 21. The van der Waals surface area contributed by atoms with E-state index in [1.807, 2.05) is 25.1 Å². The highest BCUT2D eigenvalue weighted by Gasteiger charge is 2.44. The van der Waals surface area contributed by atoms with Gasteiger partial charge in [0.05, 0.1) is 19.0 Å². The molecule has 9 atom stereocenters. The molecule has 4 saturated heterocycles. The van der Waals surface area contributed by atoms with E-state index in [2.05, 4.69) is 21.3 Å². The van der Waals surface area contributed by atoms with Crippen molar-refractivity contribution in [1.29, 1.82) is 0 Å². The lowest BCUT2D eigenvalue weighted by Gasteiger charge is -2.33. The highest BCUT2D eigenvalue weighted by molar-refractivity contribution is 5.98. The van der Waals surface area contributed by atoms with Crippen LogP contribution in [0, 0.1) is 5.92 Å². The first kappa shape index (κ1) is 54.2. The lowest BCUT2D eigenvalue weighted by atomic mass is 9.96. The molecule has 2 aromatic carbocycles. The van der Waals surface area contributed by atoms with Gasteiger partial charge in [-0.15, -0.1) is 0 Å². The molecule has 6 rings (SSSR count). The lowest BCUT2D eigenvalue weighted by molar-refractivity contribution is -0.146. The van der Waals surface area contributed by atoms with E-state index in [9.17, 15) is 58.2 Å². The van der Waals surface area contributed by atoms with E-state index < -0.39 is 126 Å². The van der Waals surface area contributed by atoms with Gasteiger partial charge in [-0.05, 0) is 87.0 Å². The van der Waals surface area contributed by atoms with Crippen LogP contribution in [0.25, 0.3) is 0 Å². The summed E-state index contributed by atoms with van der Waals surface area (Å²) in [5.41, 5.74) is 13.0. The summed E-state index contributed by atoms with van der Waals surface area (Å²) in [6.45, 7) is 3.96. The Morgan fingerprint density at radius 2 is 1.08 bits per heavy atom. The second-order valence-corrected chi connectivity index (χ2v) is 19.2. The molecule has 0 aromatic heterocycles. The van der Waals surface area contributed by atoms with Gasteiger partial charge in [-0.2, -0.15) is 0 Å². The lowest BCUT2D eigenvalue weighted by Crippen LogP contribution is -2.59. The number of benzene rings is 2. The third kappa shape index (κ3) is 13.4. The van der Waals surface area contributed by atoms with Crippen LogP contribution in [-0.2, 0) is 60.8 Å². The zero-order valence-electron chi connectivity index (χ0n) is 40.8. The number of phenols is 1. The van der Waals surface area contributed by atoms with Crippen molar-refractivity contribution in [3.63, 3.8) is 0 Å². The predicted molar refractivity (Wildman–Crippen MR) is 259 cm³/mol. The van der Waals surface area contributed by atoms with E-state index >= 15 is 0 Å². The maximum Gasteiger partial charge on any atom is 0.326 e. The maximum absolute atomic E-state index is 14.5. The van der Waals surface area contributed by atoms with Crippen LogP contribution in [0.3, 0.4) is 0 Å². The Morgan fingerprint density at radius 1 is 0.611 bits per heavy atom. The number of aromatic hydroxyl groups is 1. The summed E-state index contributed by atoms with van der Waals surface area (Å²) in [6.07, 6.45) is 3.14. The number of nitrogens with zero attached hydrogens (tertiary/aromatic N) is 4. The maximum atomic E-state index is 14.5. The molecule has 22 heteroatoms. The molecule has 72 heavy (non-hydrogen) atoms. The molecule has 4 aliphatic heterocycles. The number of nitrogens with one attached hydrogen (secondary N) is 4. The number of carbonyl (C=O) groups is 10. The molecule has 2 aromatic rings. The first-order valence-corrected chi connectivity index (χ1v) is 24.9. The van der Waals surface area contributed by atoms with Gasteiger partial charge in [0.2, 0.25) is 53.2 Å². The van der Waals surface area contributed by atoms with Crippen LogP contribution in [0.1, 0.15) is 89.2 Å². The van der Waals surface area contributed by atoms with E-state index in [0.717, 1.165) is 11.1 Å². The number of carbonyl (C=O) groups excluding carboxylic acids is 9. The average molecular weight is 1000 g/mol. The van der Waals surface area contributed by atoms with Gasteiger partial charge >= 0.3 is 5.97 Å². The molecule has 9 amide bonds. The van der Waals surface area contributed by atoms with Crippen molar-refractivity contribution in [3.8, 4) is 5.75 Å². The molecule has 4 heterocycles. The van der Waals surface area contributed by atoms with Gasteiger partial charge in [0, 0.05) is 32.6 Å². The van der Waals surface area contributed by atoms with Crippen molar-refractivity contribution in [2.24, 2.45) is 17.4 Å². The minimum atomic E-state index is -1.59. The minimum absolute atomic E-state index is 0.0771. The Balaban J connectivity index is 1.07. The summed E-state index contributed by atoms with van der Waals surface area (Å²) < 4.78 is 0. The summed E-state index contributed by atoms with van der Waals surface area (Å²) >= 11 is 0. The number of likely N-dealkylation sites (tertiary alicyclic amines) is 4. The predicted octanol–water partition coefficient (Wildman–Crippen LogP) is -0.955. The van der Waals surface area contributed by atoms with Gasteiger partial charge in [-0.1, -0.05) is 62.7 Å². The quantitative estimate of drug-likeness (QED) is 0.0749. The molecule has 22 nitrogen and oxygen atoms in total. The summed E-state index contributed by atoms with van der Waals surface area (Å²) in [6, 6.07) is 6.74. The number of hydrogen-bond donors (Lipinski definition) is 8. The van der Waals surface area contributed by atoms with Crippen molar-refractivity contribution in [2.75, 3.05) is 32.7 Å². The van der Waals surface area contributed by atoms with E-state index in [0.29, 0.717) is 45.1 Å². The zero-order chi connectivity index (χ0) is 52.2. The molecule has 0 unspecified atom stereocenters. The summed E-state index contributed by atoms with van der Waals surface area (Å²) in [7, 11) is 0. The van der Waals surface area contributed by atoms with Crippen molar-refractivity contribution >= 4 is 59.1 Å². The Bertz CT molecular complexity index is 2340. The first-order valence-electron chi connectivity index (χ1n) is 24.9. The molecule has 4 aliphatic rings. The Labute approximate surface area is 417 Å². The van der Waals surface area contributed by atoms with Crippen molar-refractivity contribution < 1.29 is 58.2 Å². The Kier molecular flexibility index (Phi) is 18.7. The number of amides is 9. The Hall–Kier alpha value is -7.10. The third-order valence-electron chi connectivity index (χ3n) is 14.2. The highest BCUT2D eigenvalue weighted by Crippen LogP contribution is 2.26. The third-order valence-corrected chi connectivity index (χ3v) is 14.2. The normalized spacial score (nSPS) is 21.8. The first-order chi connectivity index (χ1) is 34.4. The van der Waals surface area contributed by atoms with Crippen LogP contribution in [0.15, 0.2) is 54.6 Å². The minimum Gasteiger partial charge on any atom is -0.508 e. The van der Waals surface area contributed by atoms with Gasteiger partial charge in [-0.25, -0.2) is 4.79 Å². The van der Waals surface area contributed by atoms with Crippen LogP contribution in [0.4, 0.5) is 0 Å². The van der Waals surface area contributed by atoms with Gasteiger partial charge in [-0.3, -0.25) is 43.2 Å². The largest absolute Gasteiger partial charge is 0.508 e. The average Bonchev–Trinajstić information content (AvgIpc) is 4.22. The van der Waals surface area contributed by atoms with Crippen molar-refractivity contribution in [1.82, 2.24) is 40.9 Å². The van der Waals surface area contributed by atoms with Gasteiger partial charge in [0.1, 0.15) is 48.0 Å². The van der Waals surface area contributed by atoms with Crippen LogP contribution in [0.5, 0.6) is 5.75 Å². The van der Waals surface area contributed by atoms with Crippen LogP contribution < -0.4 is 32.7 Å². The van der Waals surface area contributed by atoms with Gasteiger partial charge < -0.3 is 62.5 Å². The molecule has 0 spiro atoms. The molecular weight excluding hydrogens is 933 g/mol. The number of carboxylic acid groups (broad SMARTS) is 1. The fraction of sp³-hybridized carbons (Fsp3) is 0.560. The smallest absolute Gasteiger partial charge is 0.326 e. The molecule has 390 valence electrons. The van der Waals surface area contributed by atoms with Crippen LogP contribution in [0.2, 0.25) is 0 Å². The van der Waals surface area contributed by atoms with Gasteiger partial charge in [0.25, 0.3) is 0 Å². The molecule has 0 aliphatic carbocycles. The number of nitrogens with two attached hydrogens (primary N) is 2. The van der Waals surface area contributed by atoms with Crippen LogP contribution in [-0.4, -0.2) is 170 Å². The highest BCUT2D eigenvalue weighted by atomic mass is 16.4. The molecule has 0 radical (unpaired) electrons. The summed E-state index contributed by atoms with van der Waals surface area (Å²) in [4.78, 5) is 140. The van der Waals surface area contributed by atoms with E-state index in [1.54, 1.807) is 31.2 Å². The fourth-order valence-corrected chi connectivity index (χ4v) is 10.1. The monoisotopic (exact) mass is 1000 g/mol. The second-order valence-electron chi connectivity index (χ2n) is 19.2. The second kappa shape index (κ2) is 24.8. The van der Waals surface area contributed by atoms with Gasteiger partial charge in [0.15, 0.2) is 0 Å². The molecule has 0 bridgehead atoms. The topological polar surface area (TPSA) is 324 Å². The summed E-state index contributed by atoms with van der Waals surface area (Å²) in [5.74, 6) is -7.26. The SMILES string of the molecule is CC[C@H](C)[C@H](NC(=O)[C@@H]1CCCN1C(=O)CNC(=O)[C@@H]1CCCN1C(=O)[C@H](Cc1ccccc1)NC(=O)[C@@H]1CCCN1C(=O)[C@@H](N)Cc1ccc(O)cc1)C(=O)N1CCC[C@H]1C(=O)N[C@@H](CC(N)=O)C(=O)O. The molecule has 4 fully saturated rings. The van der Waals surface area contributed by atoms with E-state index in [-0.39, 0.29) is 57.5 Å². The number of carboxylic acids is 1. The number of hydrogen-bond acceptors (Lipinski definition) is 12. The molecular formula is C50H68N10O12. The van der Waals surface area contributed by atoms with E-state index in [1.165, 1.54) is 31.7 Å². The Morgan fingerprint density at radius 3 is 1.62 bits per heavy atom. The number of aliphatic carboxylic acids is 1. The van der Waals surface area contributed by atoms with Crippen LogP contribution >= 0.6 is 0 Å². The van der Waals surface area contributed by atoms with E-state index in [4.69, 9.17) is 11.5 Å². The molecule has 0 saturated carbocycles.